The number of amides is 3. The van der Waals surface area contributed by atoms with Gasteiger partial charge < -0.3 is 5.32 Å². The first-order valence-electron chi connectivity index (χ1n) is 6.49. The molecule has 3 amide bonds. The Kier molecular flexibility index (Phi) is 5.00. The minimum absolute atomic E-state index is 0.345. The molecular formula is C16H16N2O2S. The number of aryl methyl sites for hydroxylation is 1. The molecule has 0 aliphatic carbocycles. The van der Waals surface area contributed by atoms with E-state index in [-0.39, 0.29) is 0 Å². The van der Waals surface area contributed by atoms with E-state index < -0.39 is 11.9 Å². The molecule has 0 radical (unpaired) electrons. The van der Waals surface area contributed by atoms with Crippen LogP contribution in [0, 0.1) is 6.92 Å². The number of thiol groups is 1. The number of carbonyl (C=O) groups is 2. The Morgan fingerprint density at radius 1 is 1.05 bits per heavy atom. The maximum absolute atomic E-state index is 12.0. The number of carbonyl (C=O) groups excluding carboxylic acids is 2. The van der Waals surface area contributed by atoms with Crippen molar-refractivity contribution in [2.45, 2.75) is 13.5 Å². The van der Waals surface area contributed by atoms with E-state index >= 15 is 0 Å². The third kappa shape index (κ3) is 4.10. The molecule has 2 aromatic carbocycles. The number of imide groups is 1. The first kappa shape index (κ1) is 15.1. The molecule has 0 bridgehead atoms. The molecule has 2 aromatic rings. The van der Waals surface area contributed by atoms with Crippen LogP contribution in [-0.2, 0) is 6.54 Å². The van der Waals surface area contributed by atoms with Gasteiger partial charge in [-0.1, -0.05) is 60.8 Å². The zero-order valence-corrected chi connectivity index (χ0v) is 12.5. The number of nitrogens with one attached hydrogen (secondary N) is 1. The van der Waals surface area contributed by atoms with Gasteiger partial charge in [0, 0.05) is 12.1 Å². The lowest BCUT2D eigenvalue weighted by molar-refractivity contribution is 0.0895. The molecule has 0 saturated heterocycles. The van der Waals surface area contributed by atoms with Crippen LogP contribution in [0.3, 0.4) is 0 Å². The van der Waals surface area contributed by atoms with Crippen molar-refractivity contribution in [2.75, 3.05) is 0 Å². The van der Waals surface area contributed by atoms with Crippen molar-refractivity contribution < 1.29 is 9.59 Å². The summed E-state index contributed by atoms with van der Waals surface area (Å²) in [6.45, 7) is 2.34. The Morgan fingerprint density at radius 2 is 1.67 bits per heavy atom. The van der Waals surface area contributed by atoms with Crippen molar-refractivity contribution in [3.63, 3.8) is 0 Å². The molecule has 0 spiro atoms. The van der Waals surface area contributed by atoms with Gasteiger partial charge in [0.15, 0.2) is 0 Å². The molecule has 0 aliphatic heterocycles. The van der Waals surface area contributed by atoms with E-state index in [4.69, 9.17) is 0 Å². The van der Waals surface area contributed by atoms with Gasteiger partial charge in [-0.25, -0.2) is 9.10 Å². The largest absolute Gasteiger partial charge is 0.334 e. The minimum atomic E-state index is -0.548. The van der Waals surface area contributed by atoms with Gasteiger partial charge >= 0.3 is 6.03 Å². The second-order valence-corrected chi connectivity index (χ2v) is 5.03. The van der Waals surface area contributed by atoms with E-state index in [1.165, 1.54) is 0 Å². The Bertz CT molecular complexity index is 626. The lowest BCUT2D eigenvalue weighted by Gasteiger charge is -2.15. The van der Waals surface area contributed by atoms with Crippen molar-refractivity contribution in [1.82, 2.24) is 9.62 Å². The SMILES string of the molecule is Cc1ccc(CNC(=O)N(S)C(=O)c2ccccc2)cc1. The zero-order valence-electron chi connectivity index (χ0n) is 11.6. The Hall–Kier alpha value is -2.27. The van der Waals surface area contributed by atoms with Crippen LogP contribution in [0.1, 0.15) is 21.5 Å². The first-order chi connectivity index (χ1) is 10.1. The van der Waals surface area contributed by atoms with Crippen LogP contribution in [-0.4, -0.2) is 16.2 Å². The fourth-order valence-electron chi connectivity index (χ4n) is 1.75. The Balaban J connectivity index is 1.93. The van der Waals surface area contributed by atoms with Crippen LogP contribution in [0.15, 0.2) is 54.6 Å². The van der Waals surface area contributed by atoms with E-state index in [2.05, 4.69) is 18.1 Å². The molecule has 1 N–H and O–H groups in total. The Morgan fingerprint density at radius 3 is 2.29 bits per heavy atom. The van der Waals surface area contributed by atoms with Crippen LogP contribution in [0.25, 0.3) is 0 Å². The Labute approximate surface area is 129 Å². The summed E-state index contributed by atoms with van der Waals surface area (Å²) in [6, 6.07) is 15.8. The van der Waals surface area contributed by atoms with Crippen LogP contribution in [0.4, 0.5) is 4.79 Å². The monoisotopic (exact) mass is 300 g/mol. The van der Waals surface area contributed by atoms with Crippen molar-refractivity contribution in [3.8, 4) is 0 Å². The van der Waals surface area contributed by atoms with E-state index in [9.17, 15) is 9.59 Å². The second-order valence-electron chi connectivity index (χ2n) is 4.63. The van der Waals surface area contributed by atoms with Gasteiger partial charge in [0.2, 0.25) is 0 Å². The summed E-state index contributed by atoms with van der Waals surface area (Å²) in [6.07, 6.45) is 0. The van der Waals surface area contributed by atoms with Crippen LogP contribution in [0.2, 0.25) is 0 Å². The number of hydrogen-bond donors (Lipinski definition) is 2. The van der Waals surface area contributed by atoms with E-state index in [1.807, 2.05) is 31.2 Å². The predicted molar refractivity (Wildman–Crippen MR) is 85.0 cm³/mol. The molecule has 0 atom stereocenters. The topological polar surface area (TPSA) is 49.4 Å². The fourth-order valence-corrected chi connectivity index (χ4v) is 1.94. The fraction of sp³-hybridized carbons (Fsp3) is 0.125. The molecule has 21 heavy (non-hydrogen) atoms. The van der Waals surface area contributed by atoms with Crippen molar-refractivity contribution in [2.24, 2.45) is 0 Å². The lowest BCUT2D eigenvalue weighted by Crippen LogP contribution is -2.37. The molecule has 0 aliphatic rings. The van der Waals surface area contributed by atoms with Gasteiger partial charge in [-0.15, -0.1) is 0 Å². The summed E-state index contributed by atoms with van der Waals surface area (Å²) in [5, 5.41) is 2.66. The van der Waals surface area contributed by atoms with Crippen LogP contribution >= 0.6 is 12.8 Å². The highest BCUT2D eigenvalue weighted by atomic mass is 32.1. The zero-order chi connectivity index (χ0) is 15.2. The van der Waals surface area contributed by atoms with Gasteiger partial charge in [-0.3, -0.25) is 4.79 Å². The summed E-state index contributed by atoms with van der Waals surface area (Å²) in [7, 11) is 0. The number of urea groups is 1. The third-order valence-electron chi connectivity index (χ3n) is 2.97. The molecule has 2 rings (SSSR count). The van der Waals surface area contributed by atoms with Crippen molar-refractivity contribution in [1.29, 1.82) is 0 Å². The molecule has 5 heteroatoms. The lowest BCUT2D eigenvalue weighted by atomic mass is 10.1. The molecule has 4 nitrogen and oxygen atoms in total. The predicted octanol–water partition coefficient (Wildman–Crippen LogP) is 3.19. The van der Waals surface area contributed by atoms with E-state index in [0.29, 0.717) is 12.1 Å². The van der Waals surface area contributed by atoms with Gasteiger partial charge in [0.05, 0.1) is 0 Å². The smallest absolute Gasteiger partial charge is 0.333 e. The summed E-state index contributed by atoms with van der Waals surface area (Å²) in [5.41, 5.74) is 2.53. The highest BCUT2D eigenvalue weighted by Gasteiger charge is 2.19. The number of rotatable bonds is 3. The highest BCUT2D eigenvalue weighted by molar-refractivity contribution is 7.79. The van der Waals surface area contributed by atoms with Crippen LogP contribution in [0.5, 0.6) is 0 Å². The van der Waals surface area contributed by atoms with E-state index in [1.54, 1.807) is 30.3 Å². The average Bonchev–Trinajstić information content (AvgIpc) is 2.53. The van der Waals surface area contributed by atoms with Crippen molar-refractivity contribution >= 4 is 24.8 Å². The molecule has 108 valence electrons. The number of benzene rings is 2. The van der Waals surface area contributed by atoms with E-state index in [0.717, 1.165) is 15.4 Å². The summed E-state index contributed by atoms with van der Waals surface area (Å²) < 4.78 is 0.781. The minimum Gasteiger partial charge on any atom is -0.333 e. The first-order valence-corrected chi connectivity index (χ1v) is 6.89. The summed E-state index contributed by atoms with van der Waals surface area (Å²) >= 11 is 3.97. The van der Waals surface area contributed by atoms with Gasteiger partial charge in [0.25, 0.3) is 5.91 Å². The van der Waals surface area contributed by atoms with Crippen molar-refractivity contribution in [3.05, 3.63) is 71.3 Å². The third-order valence-corrected chi connectivity index (χ3v) is 3.33. The average molecular weight is 300 g/mol. The highest BCUT2D eigenvalue weighted by Crippen LogP contribution is 2.08. The maximum Gasteiger partial charge on any atom is 0.334 e. The molecule has 0 aromatic heterocycles. The second kappa shape index (κ2) is 6.95. The van der Waals surface area contributed by atoms with Gasteiger partial charge in [-0.05, 0) is 24.6 Å². The quantitative estimate of drug-likeness (QED) is 0.855. The van der Waals surface area contributed by atoms with Gasteiger partial charge in [-0.2, -0.15) is 0 Å². The van der Waals surface area contributed by atoms with Crippen LogP contribution < -0.4 is 5.32 Å². The normalized spacial score (nSPS) is 10.0. The standard InChI is InChI=1S/C16H16N2O2S/c1-12-7-9-13(10-8-12)11-17-16(20)18(21)15(19)14-5-3-2-4-6-14/h2-10,21H,11H2,1H3,(H,17,20). The number of hydrogen-bond acceptors (Lipinski definition) is 3. The molecule has 0 heterocycles. The molecular weight excluding hydrogens is 284 g/mol. The summed E-state index contributed by atoms with van der Waals surface area (Å²) in [4.78, 5) is 23.9. The molecule has 0 fully saturated rings. The molecule has 0 unspecified atom stereocenters. The molecule has 0 saturated carbocycles. The maximum atomic E-state index is 12.0. The number of nitrogens with zero attached hydrogens (tertiary/aromatic N) is 1. The van der Waals surface area contributed by atoms with Gasteiger partial charge in [0.1, 0.15) is 0 Å². The summed E-state index contributed by atoms with van der Waals surface area (Å²) in [5.74, 6) is -0.458.